The van der Waals surface area contributed by atoms with Crippen molar-refractivity contribution >= 4 is 11.9 Å². The lowest BCUT2D eigenvalue weighted by atomic mass is 10.0. The van der Waals surface area contributed by atoms with Crippen LogP contribution in [0.5, 0.6) is 0 Å². The fourth-order valence-electron chi connectivity index (χ4n) is 1.17. The molecule has 0 aliphatic heterocycles. The van der Waals surface area contributed by atoms with Crippen molar-refractivity contribution in [1.29, 1.82) is 0 Å². The number of rotatable bonds is 2. The van der Waals surface area contributed by atoms with Gasteiger partial charge in [0.15, 0.2) is 0 Å². The second kappa shape index (κ2) is 3.45. The largest absolute Gasteiger partial charge is 0.478 e. The minimum Gasteiger partial charge on any atom is -0.478 e. The van der Waals surface area contributed by atoms with Crippen LogP contribution in [0.4, 0.5) is 4.39 Å². The average Bonchev–Trinajstić information content (AvgIpc) is 2.07. The minimum absolute atomic E-state index is 0.219. The van der Waals surface area contributed by atoms with Gasteiger partial charge in [0.05, 0.1) is 5.56 Å². The molecular weight excluding hydrogens is 191 g/mol. The molecule has 0 heterocycles. The normalized spacial score (nSPS) is 9.86. The first-order chi connectivity index (χ1) is 6.45. The van der Waals surface area contributed by atoms with Gasteiger partial charge in [0.25, 0.3) is 0 Å². The summed E-state index contributed by atoms with van der Waals surface area (Å²) in [7, 11) is 0. The van der Waals surface area contributed by atoms with E-state index in [0.717, 1.165) is 6.07 Å². The smallest absolute Gasteiger partial charge is 0.339 e. The number of hydrogen-bond donors (Lipinski definition) is 2. The summed E-state index contributed by atoms with van der Waals surface area (Å²) < 4.78 is 13.0. The van der Waals surface area contributed by atoms with Gasteiger partial charge in [0, 0.05) is 0 Å². The third-order valence-electron chi connectivity index (χ3n) is 1.79. The first-order valence-electron chi connectivity index (χ1n) is 3.71. The molecule has 1 aromatic rings. The topological polar surface area (TPSA) is 74.6 Å². The van der Waals surface area contributed by atoms with Gasteiger partial charge in [-0.2, -0.15) is 0 Å². The molecule has 5 heteroatoms. The van der Waals surface area contributed by atoms with Gasteiger partial charge in [0.1, 0.15) is 11.4 Å². The summed E-state index contributed by atoms with van der Waals surface area (Å²) >= 11 is 0. The Morgan fingerprint density at radius 2 is 1.64 bits per heavy atom. The molecule has 1 rings (SSSR count). The molecule has 0 atom stereocenters. The second-order valence-electron chi connectivity index (χ2n) is 2.72. The van der Waals surface area contributed by atoms with Crippen molar-refractivity contribution in [3.8, 4) is 0 Å². The van der Waals surface area contributed by atoms with Crippen LogP contribution in [0.1, 0.15) is 26.3 Å². The average molecular weight is 198 g/mol. The van der Waals surface area contributed by atoms with E-state index in [0.29, 0.717) is 0 Å². The molecule has 0 saturated heterocycles. The van der Waals surface area contributed by atoms with E-state index in [1.807, 2.05) is 0 Å². The van der Waals surface area contributed by atoms with Crippen LogP contribution in [0.2, 0.25) is 0 Å². The molecule has 0 amide bonds. The van der Waals surface area contributed by atoms with Crippen LogP contribution in [-0.4, -0.2) is 22.2 Å². The van der Waals surface area contributed by atoms with Crippen molar-refractivity contribution in [2.75, 3.05) is 0 Å². The van der Waals surface area contributed by atoms with Gasteiger partial charge in [0.2, 0.25) is 0 Å². The summed E-state index contributed by atoms with van der Waals surface area (Å²) in [6, 6.07) is 2.16. The quantitative estimate of drug-likeness (QED) is 0.755. The maximum atomic E-state index is 13.0. The molecule has 4 nitrogen and oxygen atoms in total. The Morgan fingerprint density at radius 1 is 1.14 bits per heavy atom. The van der Waals surface area contributed by atoms with Gasteiger partial charge in [-0.3, -0.25) is 0 Å². The van der Waals surface area contributed by atoms with Gasteiger partial charge < -0.3 is 10.2 Å². The van der Waals surface area contributed by atoms with Crippen LogP contribution in [0.25, 0.3) is 0 Å². The highest BCUT2D eigenvalue weighted by Gasteiger charge is 2.22. The molecule has 74 valence electrons. The molecule has 0 spiro atoms. The summed E-state index contributed by atoms with van der Waals surface area (Å²) in [5.41, 5.74) is -1.08. The number of carboxylic acids is 2. The van der Waals surface area contributed by atoms with Crippen molar-refractivity contribution in [3.63, 3.8) is 0 Å². The number of aromatic carboxylic acids is 2. The monoisotopic (exact) mass is 198 g/mol. The van der Waals surface area contributed by atoms with Crippen molar-refractivity contribution in [2.45, 2.75) is 6.92 Å². The summed E-state index contributed by atoms with van der Waals surface area (Å²) in [4.78, 5) is 21.3. The van der Waals surface area contributed by atoms with Crippen molar-refractivity contribution in [2.24, 2.45) is 0 Å². The first kappa shape index (κ1) is 10.2. The Kier molecular flexibility index (Phi) is 2.51. The second-order valence-corrected chi connectivity index (χ2v) is 2.72. The molecule has 0 saturated carbocycles. The lowest BCUT2D eigenvalue weighted by Crippen LogP contribution is -2.12. The number of benzene rings is 1. The highest BCUT2D eigenvalue weighted by molar-refractivity contribution is 6.02. The van der Waals surface area contributed by atoms with Crippen LogP contribution >= 0.6 is 0 Å². The number of hydrogen-bond acceptors (Lipinski definition) is 2. The maximum absolute atomic E-state index is 13.0. The van der Waals surface area contributed by atoms with Crippen molar-refractivity contribution in [1.82, 2.24) is 0 Å². The van der Waals surface area contributed by atoms with E-state index in [9.17, 15) is 14.0 Å². The lowest BCUT2D eigenvalue weighted by Gasteiger charge is -2.05. The molecule has 0 unspecified atom stereocenters. The van der Waals surface area contributed by atoms with Gasteiger partial charge in [-0.15, -0.1) is 0 Å². The van der Waals surface area contributed by atoms with Crippen LogP contribution in [0, 0.1) is 12.7 Å². The molecule has 14 heavy (non-hydrogen) atoms. The van der Waals surface area contributed by atoms with Gasteiger partial charge in [-0.25, -0.2) is 14.0 Å². The van der Waals surface area contributed by atoms with E-state index in [1.54, 1.807) is 0 Å². The number of carboxylic acid groups (broad SMARTS) is 2. The van der Waals surface area contributed by atoms with Gasteiger partial charge in [-0.1, -0.05) is 6.07 Å². The Bertz CT molecular complexity index is 373. The maximum Gasteiger partial charge on any atom is 0.339 e. The van der Waals surface area contributed by atoms with Crippen LogP contribution in [0.3, 0.4) is 0 Å². The number of aryl methyl sites for hydroxylation is 1. The Hall–Kier alpha value is -1.91. The lowest BCUT2D eigenvalue weighted by molar-refractivity contribution is 0.0646. The highest BCUT2D eigenvalue weighted by Crippen LogP contribution is 2.18. The van der Waals surface area contributed by atoms with Crippen LogP contribution in [-0.2, 0) is 0 Å². The van der Waals surface area contributed by atoms with E-state index in [1.165, 1.54) is 13.0 Å². The number of carbonyl (C=O) groups is 2. The molecule has 0 aromatic heterocycles. The molecule has 0 fully saturated rings. The highest BCUT2D eigenvalue weighted by atomic mass is 19.1. The molecule has 0 aliphatic rings. The molecular formula is C9H7FO4. The molecule has 0 aliphatic carbocycles. The Balaban J connectivity index is 3.58. The summed E-state index contributed by atoms with van der Waals surface area (Å²) in [5, 5.41) is 17.3. The molecule has 0 radical (unpaired) electrons. The zero-order valence-corrected chi connectivity index (χ0v) is 7.24. The summed E-state index contributed by atoms with van der Waals surface area (Å²) in [5.74, 6) is -4.07. The van der Waals surface area contributed by atoms with Crippen molar-refractivity contribution in [3.05, 3.63) is 34.6 Å². The fraction of sp³-hybridized carbons (Fsp3) is 0.111. The fourth-order valence-corrected chi connectivity index (χ4v) is 1.17. The minimum atomic E-state index is -1.58. The van der Waals surface area contributed by atoms with E-state index >= 15 is 0 Å². The van der Waals surface area contributed by atoms with Crippen LogP contribution < -0.4 is 0 Å². The summed E-state index contributed by atoms with van der Waals surface area (Å²) in [6.07, 6.45) is 0. The standard InChI is InChI=1S/C9H7FO4/c1-4-2-3-5(10)7(9(13)14)6(4)8(11)12/h2-3H,1H3,(H,11,12)(H,13,14). The molecule has 0 bridgehead atoms. The Labute approximate surface area is 78.6 Å². The SMILES string of the molecule is Cc1ccc(F)c(C(=O)O)c1C(=O)O. The molecule has 1 aromatic carbocycles. The van der Waals surface area contributed by atoms with E-state index in [2.05, 4.69) is 0 Å². The Morgan fingerprint density at radius 3 is 2.00 bits per heavy atom. The van der Waals surface area contributed by atoms with E-state index in [-0.39, 0.29) is 5.56 Å². The van der Waals surface area contributed by atoms with Gasteiger partial charge >= 0.3 is 11.9 Å². The van der Waals surface area contributed by atoms with E-state index < -0.39 is 28.9 Å². The predicted molar refractivity (Wildman–Crippen MR) is 45.1 cm³/mol. The molecule has 2 N–H and O–H groups in total. The van der Waals surface area contributed by atoms with Crippen molar-refractivity contribution < 1.29 is 24.2 Å². The van der Waals surface area contributed by atoms with Gasteiger partial charge in [-0.05, 0) is 18.6 Å². The van der Waals surface area contributed by atoms with Crippen LogP contribution in [0.15, 0.2) is 12.1 Å². The first-order valence-corrected chi connectivity index (χ1v) is 3.71. The number of halogens is 1. The zero-order chi connectivity index (χ0) is 10.9. The van der Waals surface area contributed by atoms with E-state index in [4.69, 9.17) is 10.2 Å². The predicted octanol–water partition coefficient (Wildman–Crippen LogP) is 1.53. The summed E-state index contributed by atoms with van der Waals surface area (Å²) in [6.45, 7) is 1.41. The third-order valence-corrected chi connectivity index (χ3v) is 1.79. The third kappa shape index (κ3) is 1.56. The zero-order valence-electron chi connectivity index (χ0n) is 7.24.